The van der Waals surface area contributed by atoms with Gasteiger partial charge in [-0.2, -0.15) is 0 Å². The first-order chi connectivity index (χ1) is 9.15. The molecule has 7 nitrogen and oxygen atoms in total. The Kier molecular flexibility index (Phi) is 3.88. The van der Waals surface area contributed by atoms with Crippen molar-refractivity contribution in [2.45, 2.75) is 0 Å². The van der Waals surface area contributed by atoms with Gasteiger partial charge in [0.25, 0.3) is 17.7 Å². The molecule has 7 heteroatoms. The molecule has 2 rings (SSSR count). The molecule has 19 heavy (non-hydrogen) atoms. The van der Waals surface area contributed by atoms with Crippen molar-refractivity contribution in [1.82, 2.24) is 10.4 Å². The Morgan fingerprint density at radius 1 is 1.21 bits per heavy atom. The van der Waals surface area contributed by atoms with Crippen LogP contribution in [0.15, 0.2) is 24.3 Å². The second-order valence-corrected chi connectivity index (χ2v) is 3.82. The van der Waals surface area contributed by atoms with E-state index in [0.717, 1.165) is 4.90 Å². The third-order valence-corrected chi connectivity index (χ3v) is 2.54. The lowest BCUT2D eigenvalue weighted by molar-refractivity contribution is -0.144. The van der Waals surface area contributed by atoms with E-state index in [-0.39, 0.29) is 6.79 Å². The van der Waals surface area contributed by atoms with E-state index in [2.05, 4.69) is 15.1 Å². The molecule has 1 aromatic carbocycles. The third-order valence-electron chi connectivity index (χ3n) is 2.54. The molecule has 0 radical (unpaired) electrons. The highest BCUT2D eigenvalue weighted by atomic mass is 16.8. The van der Waals surface area contributed by atoms with E-state index in [9.17, 15) is 14.4 Å². The smallest absolute Gasteiger partial charge is 0.263 e. The Labute approximate surface area is 109 Å². The van der Waals surface area contributed by atoms with Gasteiger partial charge in [-0.1, -0.05) is 12.1 Å². The first kappa shape index (κ1) is 13.2. The maximum atomic E-state index is 11.9. The van der Waals surface area contributed by atoms with E-state index in [1.54, 1.807) is 24.3 Å². The number of ether oxygens (including phenoxy) is 1. The lowest BCUT2D eigenvalue weighted by atomic mass is 10.1. The van der Waals surface area contributed by atoms with Crippen molar-refractivity contribution in [3.05, 3.63) is 35.4 Å². The van der Waals surface area contributed by atoms with Gasteiger partial charge in [0.05, 0.1) is 11.1 Å². The van der Waals surface area contributed by atoms with Crippen LogP contribution in [0.2, 0.25) is 0 Å². The number of hydroxylamine groups is 1. The van der Waals surface area contributed by atoms with Crippen molar-refractivity contribution >= 4 is 17.7 Å². The quantitative estimate of drug-likeness (QED) is 0.348. The zero-order valence-corrected chi connectivity index (χ0v) is 10.2. The number of hydrogen-bond acceptors (Lipinski definition) is 5. The van der Waals surface area contributed by atoms with Crippen LogP contribution >= 0.6 is 0 Å². The van der Waals surface area contributed by atoms with Gasteiger partial charge in [-0.15, -0.1) is 0 Å². The Morgan fingerprint density at radius 3 is 2.32 bits per heavy atom. The largest absolute Gasteiger partial charge is 0.356 e. The minimum Gasteiger partial charge on any atom is -0.356 e. The van der Waals surface area contributed by atoms with Crippen LogP contribution < -0.4 is 5.48 Å². The number of methoxy groups -OCH3 is 1. The first-order valence-electron chi connectivity index (χ1n) is 5.50. The number of rotatable bonds is 5. The molecule has 1 aliphatic heterocycles. The van der Waals surface area contributed by atoms with E-state index in [1.165, 1.54) is 7.11 Å². The Morgan fingerprint density at radius 2 is 1.79 bits per heavy atom. The van der Waals surface area contributed by atoms with Gasteiger partial charge in [0.2, 0.25) is 0 Å². The number of fused-ring (bicyclic) bond motifs is 1. The zero-order valence-electron chi connectivity index (χ0n) is 10.2. The summed E-state index contributed by atoms with van der Waals surface area (Å²) in [6, 6.07) is 6.42. The third kappa shape index (κ3) is 2.61. The van der Waals surface area contributed by atoms with Gasteiger partial charge in [0, 0.05) is 7.11 Å². The Bertz CT molecular complexity index is 494. The molecule has 0 atom stereocenters. The summed E-state index contributed by atoms with van der Waals surface area (Å²) in [6.07, 6.45) is 0. The molecule has 0 spiro atoms. The van der Waals surface area contributed by atoms with Crippen molar-refractivity contribution in [3.63, 3.8) is 0 Å². The molecular formula is C12H12N2O5. The van der Waals surface area contributed by atoms with Gasteiger partial charge in [-0.3, -0.25) is 19.3 Å². The molecule has 0 unspecified atom stereocenters. The lowest BCUT2D eigenvalue weighted by Crippen LogP contribution is -2.40. The molecule has 0 aliphatic carbocycles. The van der Waals surface area contributed by atoms with Crippen molar-refractivity contribution in [2.75, 3.05) is 20.4 Å². The molecule has 0 saturated heterocycles. The summed E-state index contributed by atoms with van der Waals surface area (Å²) in [6.45, 7) is -0.510. The van der Waals surface area contributed by atoms with Gasteiger partial charge in [-0.25, -0.2) is 10.3 Å². The molecule has 100 valence electrons. The van der Waals surface area contributed by atoms with Gasteiger partial charge in [0.1, 0.15) is 6.54 Å². The number of imide groups is 1. The molecule has 1 aliphatic rings. The van der Waals surface area contributed by atoms with Crippen LogP contribution in [0.3, 0.4) is 0 Å². The number of benzene rings is 1. The number of nitrogens with one attached hydrogen (secondary N) is 1. The average molecular weight is 264 g/mol. The predicted octanol–water partition coefficient (Wildman–Crippen LogP) is -0.0657. The number of amides is 3. The van der Waals surface area contributed by atoms with E-state index in [0.29, 0.717) is 11.1 Å². The lowest BCUT2D eigenvalue weighted by Gasteiger charge is -2.13. The molecular weight excluding hydrogens is 252 g/mol. The van der Waals surface area contributed by atoms with Crippen LogP contribution in [0.5, 0.6) is 0 Å². The first-order valence-corrected chi connectivity index (χ1v) is 5.50. The highest BCUT2D eigenvalue weighted by Gasteiger charge is 2.36. The minimum absolute atomic E-state index is 0.117. The summed E-state index contributed by atoms with van der Waals surface area (Å²) in [4.78, 5) is 40.8. The van der Waals surface area contributed by atoms with Crippen molar-refractivity contribution < 1.29 is 24.0 Å². The van der Waals surface area contributed by atoms with Crippen molar-refractivity contribution in [3.8, 4) is 0 Å². The molecule has 0 bridgehead atoms. The van der Waals surface area contributed by atoms with Gasteiger partial charge in [-0.05, 0) is 12.1 Å². The van der Waals surface area contributed by atoms with E-state index < -0.39 is 24.3 Å². The summed E-state index contributed by atoms with van der Waals surface area (Å²) in [5.74, 6) is -1.57. The summed E-state index contributed by atoms with van der Waals surface area (Å²) in [5, 5.41) is 0. The number of hydrogen-bond donors (Lipinski definition) is 1. The molecule has 1 N–H and O–H groups in total. The fraction of sp³-hybridized carbons (Fsp3) is 0.250. The van der Waals surface area contributed by atoms with Crippen LogP contribution in [0.4, 0.5) is 0 Å². The monoisotopic (exact) mass is 264 g/mol. The van der Waals surface area contributed by atoms with Gasteiger partial charge >= 0.3 is 0 Å². The zero-order chi connectivity index (χ0) is 13.8. The van der Waals surface area contributed by atoms with Gasteiger partial charge < -0.3 is 4.74 Å². The molecule has 0 saturated carbocycles. The van der Waals surface area contributed by atoms with Crippen LogP contribution in [0.1, 0.15) is 20.7 Å². The van der Waals surface area contributed by atoms with Crippen LogP contribution in [-0.4, -0.2) is 43.1 Å². The standard InChI is InChI=1S/C12H12N2O5/c1-18-7-19-13-10(15)6-14-11(16)8-4-2-3-5-9(8)12(14)17/h2-5H,6-7H2,1H3,(H,13,15). The fourth-order valence-electron chi connectivity index (χ4n) is 1.73. The highest BCUT2D eigenvalue weighted by Crippen LogP contribution is 2.21. The molecule has 1 heterocycles. The minimum atomic E-state index is -0.605. The average Bonchev–Trinajstić information content (AvgIpc) is 2.65. The number of carbonyl (C=O) groups is 3. The van der Waals surface area contributed by atoms with Crippen molar-refractivity contribution in [1.29, 1.82) is 0 Å². The van der Waals surface area contributed by atoms with E-state index >= 15 is 0 Å². The second-order valence-electron chi connectivity index (χ2n) is 3.82. The van der Waals surface area contributed by atoms with E-state index in [4.69, 9.17) is 0 Å². The molecule has 0 aromatic heterocycles. The summed E-state index contributed by atoms with van der Waals surface area (Å²) < 4.78 is 4.57. The normalized spacial score (nSPS) is 13.6. The molecule has 0 fully saturated rings. The van der Waals surface area contributed by atoms with Crippen LogP contribution in [0.25, 0.3) is 0 Å². The fourth-order valence-corrected chi connectivity index (χ4v) is 1.73. The number of nitrogens with zero attached hydrogens (tertiary/aromatic N) is 1. The molecule has 3 amide bonds. The summed E-state index contributed by atoms with van der Waals surface area (Å²) in [7, 11) is 1.40. The topological polar surface area (TPSA) is 84.9 Å². The van der Waals surface area contributed by atoms with Crippen molar-refractivity contribution in [2.24, 2.45) is 0 Å². The number of carbonyl (C=O) groups excluding carboxylic acids is 3. The van der Waals surface area contributed by atoms with Crippen LogP contribution in [0, 0.1) is 0 Å². The SMILES string of the molecule is COCONC(=O)CN1C(=O)c2ccccc2C1=O. The van der Waals surface area contributed by atoms with Gasteiger partial charge in [0.15, 0.2) is 6.79 Å². The Hall–Kier alpha value is -2.25. The summed E-state index contributed by atoms with van der Waals surface area (Å²) >= 11 is 0. The summed E-state index contributed by atoms with van der Waals surface area (Å²) in [5.41, 5.74) is 2.68. The van der Waals surface area contributed by atoms with E-state index in [1.807, 2.05) is 0 Å². The van der Waals surface area contributed by atoms with Crippen LogP contribution in [-0.2, 0) is 14.4 Å². The maximum absolute atomic E-state index is 11.9. The molecule has 1 aromatic rings. The predicted molar refractivity (Wildman–Crippen MR) is 62.9 cm³/mol. The highest BCUT2D eigenvalue weighted by molar-refractivity contribution is 6.22. The maximum Gasteiger partial charge on any atom is 0.263 e. The Balaban J connectivity index is 2.02. The second kappa shape index (κ2) is 5.59.